The van der Waals surface area contributed by atoms with Gasteiger partial charge >= 0.3 is 0 Å². The topological polar surface area (TPSA) is 53.9 Å². The molecule has 5 nitrogen and oxygen atoms in total. The number of aromatic nitrogens is 3. The molecule has 1 atom stereocenters. The zero-order valence-electron chi connectivity index (χ0n) is 16.9. The van der Waals surface area contributed by atoms with Crippen LogP contribution in [0.15, 0.2) is 85.2 Å². The van der Waals surface area contributed by atoms with Crippen LogP contribution in [0.4, 0.5) is 17.5 Å². The highest BCUT2D eigenvalue weighted by atomic mass is 15.3. The van der Waals surface area contributed by atoms with Crippen LogP contribution in [-0.4, -0.2) is 21.0 Å². The van der Waals surface area contributed by atoms with Crippen molar-refractivity contribution in [2.24, 2.45) is 0 Å². The zero-order valence-corrected chi connectivity index (χ0v) is 16.9. The minimum absolute atomic E-state index is 0.342. The average molecular weight is 393 g/mol. The van der Waals surface area contributed by atoms with Crippen LogP contribution in [0, 0.1) is 0 Å². The quantitative estimate of drug-likeness (QED) is 0.503. The van der Waals surface area contributed by atoms with Crippen molar-refractivity contribution in [3.05, 3.63) is 96.3 Å². The minimum Gasteiger partial charge on any atom is -0.350 e. The number of fused-ring (bicyclic) bond motifs is 1. The van der Waals surface area contributed by atoms with E-state index in [0.29, 0.717) is 18.5 Å². The summed E-state index contributed by atoms with van der Waals surface area (Å²) in [6, 6.07) is 25.2. The average Bonchev–Trinajstić information content (AvgIpc) is 3.14. The molecule has 3 heterocycles. The molecule has 1 aliphatic heterocycles. The highest BCUT2D eigenvalue weighted by molar-refractivity contribution is 5.73. The lowest BCUT2D eigenvalue weighted by Crippen LogP contribution is -2.25. The van der Waals surface area contributed by atoms with Crippen LogP contribution >= 0.6 is 0 Å². The van der Waals surface area contributed by atoms with Gasteiger partial charge in [-0.25, -0.2) is 4.98 Å². The second-order valence-electron chi connectivity index (χ2n) is 7.56. The first-order valence-corrected chi connectivity index (χ1v) is 10.2. The Kier molecular flexibility index (Phi) is 4.85. The highest BCUT2D eigenvalue weighted by Crippen LogP contribution is 2.38. The molecule has 0 spiro atoms. The third kappa shape index (κ3) is 3.62. The van der Waals surface area contributed by atoms with Gasteiger partial charge in [0.25, 0.3) is 0 Å². The molecule has 0 bridgehead atoms. The third-order valence-corrected chi connectivity index (χ3v) is 5.44. The van der Waals surface area contributed by atoms with Crippen LogP contribution in [-0.2, 0) is 13.0 Å². The van der Waals surface area contributed by atoms with Gasteiger partial charge in [0.2, 0.25) is 5.95 Å². The molecule has 2 aromatic carbocycles. The van der Waals surface area contributed by atoms with E-state index in [2.05, 4.69) is 64.6 Å². The molecule has 30 heavy (non-hydrogen) atoms. The lowest BCUT2D eigenvalue weighted by molar-refractivity contribution is 0.749. The number of hydrogen-bond acceptors (Lipinski definition) is 5. The standard InChI is InChI=1S/C25H23N5/c1-18-15-21-9-5-6-10-23(21)30(18)24-16-22(20-7-3-2-4-8-20)28-25(29-24)27-17-19-11-13-26-14-12-19/h2-14,16,18H,15,17H2,1H3,(H,27,28,29). The summed E-state index contributed by atoms with van der Waals surface area (Å²) in [6.45, 7) is 2.89. The Morgan fingerprint density at radius 2 is 1.70 bits per heavy atom. The van der Waals surface area contributed by atoms with Gasteiger partial charge in [-0.3, -0.25) is 4.98 Å². The van der Waals surface area contributed by atoms with E-state index in [-0.39, 0.29) is 0 Å². The summed E-state index contributed by atoms with van der Waals surface area (Å²) < 4.78 is 0. The summed E-state index contributed by atoms with van der Waals surface area (Å²) in [5, 5.41) is 3.40. The summed E-state index contributed by atoms with van der Waals surface area (Å²) in [7, 11) is 0. The van der Waals surface area contributed by atoms with Gasteiger partial charge in [-0.05, 0) is 42.7 Å². The van der Waals surface area contributed by atoms with Crippen molar-refractivity contribution in [2.45, 2.75) is 25.9 Å². The van der Waals surface area contributed by atoms with E-state index in [0.717, 1.165) is 29.1 Å². The lowest BCUT2D eigenvalue weighted by Gasteiger charge is -2.25. The largest absolute Gasteiger partial charge is 0.350 e. The number of rotatable bonds is 5. The monoisotopic (exact) mass is 393 g/mol. The Hall–Kier alpha value is -3.73. The fourth-order valence-corrected chi connectivity index (χ4v) is 3.99. The third-order valence-electron chi connectivity index (χ3n) is 5.44. The number of pyridine rings is 1. The summed E-state index contributed by atoms with van der Waals surface area (Å²) in [5.41, 5.74) is 5.71. The maximum absolute atomic E-state index is 4.89. The van der Waals surface area contributed by atoms with Crippen LogP contribution in [0.3, 0.4) is 0 Å². The van der Waals surface area contributed by atoms with Crippen LogP contribution in [0.1, 0.15) is 18.1 Å². The van der Waals surface area contributed by atoms with Gasteiger partial charge in [0, 0.05) is 42.3 Å². The Balaban J connectivity index is 1.55. The molecule has 148 valence electrons. The van der Waals surface area contributed by atoms with Crippen molar-refractivity contribution in [2.75, 3.05) is 10.2 Å². The van der Waals surface area contributed by atoms with Crippen molar-refractivity contribution in [1.29, 1.82) is 0 Å². The number of anilines is 3. The van der Waals surface area contributed by atoms with E-state index in [4.69, 9.17) is 9.97 Å². The molecule has 0 saturated carbocycles. The highest BCUT2D eigenvalue weighted by Gasteiger charge is 2.28. The molecule has 0 radical (unpaired) electrons. The molecular weight excluding hydrogens is 370 g/mol. The van der Waals surface area contributed by atoms with Gasteiger partial charge in [0.1, 0.15) is 5.82 Å². The lowest BCUT2D eigenvalue weighted by atomic mass is 10.1. The first kappa shape index (κ1) is 18.3. The van der Waals surface area contributed by atoms with Crippen molar-refractivity contribution in [1.82, 2.24) is 15.0 Å². The smallest absolute Gasteiger partial charge is 0.225 e. The van der Waals surface area contributed by atoms with Gasteiger partial charge in [0.05, 0.1) is 5.69 Å². The van der Waals surface area contributed by atoms with Crippen LogP contribution in [0.5, 0.6) is 0 Å². The van der Waals surface area contributed by atoms with Gasteiger partial charge in [-0.15, -0.1) is 0 Å². The molecule has 4 aromatic rings. The van der Waals surface area contributed by atoms with Gasteiger partial charge in [-0.1, -0.05) is 48.5 Å². The van der Waals surface area contributed by atoms with E-state index in [1.165, 1.54) is 11.3 Å². The molecule has 1 unspecified atom stereocenters. The van der Waals surface area contributed by atoms with Crippen LogP contribution in [0.25, 0.3) is 11.3 Å². The molecule has 1 N–H and O–H groups in total. The fraction of sp³-hybridized carbons (Fsp3) is 0.160. The normalized spacial score (nSPS) is 15.1. The zero-order chi connectivity index (χ0) is 20.3. The fourth-order valence-electron chi connectivity index (χ4n) is 3.99. The predicted molar refractivity (Wildman–Crippen MR) is 121 cm³/mol. The summed E-state index contributed by atoms with van der Waals surface area (Å²) in [5.74, 6) is 1.54. The Bertz CT molecular complexity index is 1140. The second kappa shape index (κ2) is 7.95. The van der Waals surface area contributed by atoms with Gasteiger partial charge in [0.15, 0.2) is 0 Å². The number of hydrogen-bond donors (Lipinski definition) is 1. The van der Waals surface area contributed by atoms with Crippen molar-refractivity contribution < 1.29 is 0 Å². The first-order valence-electron chi connectivity index (χ1n) is 10.2. The molecule has 0 fully saturated rings. The molecule has 0 amide bonds. The number of nitrogens with zero attached hydrogens (tertiary/aromatic N) is 4. The van der Waals surface area contributed by atoms with E-state index in [1.807, 2.05) is 30.3 Å². The van der Waals surface area contributed by atoms with Gasteiger partial charge in [-0.2, -0.15) is 4.98 Å². The number of benzene rings is 2. The molecular formula is C25H23N5. The summed E-state index contributed by atoms with van der Waals surface area (Å²) >= 11 is 0. The van der Waals surface area contributed by atoms with E-state index < -0.39 is 0 Å². The molecule has 5 heteroatoms. The molecule has 0 aliphatic carbocycles. The van der Waals surface area contributed by atoms with Crippen LogP contribution < -0.4 is 10.2 Å². The Morgan fingerprint density at radius 1 is 0.933 bits per heavy atom. The maximum Gasteiger partial charge on any atom is 0.225 e. The van der Waals surface area contributed by atoms with Gasteiger partial charge < -0.3 is 10.2 Å². The van der Waals surface area contributed by atoms with Crippen LogP contribution in [0.2, 0.25) is 0 Å². The predicted octanol–water partition coefficient (Wildman–Crippen LogP) is 5.23. The summed E-state index contributed by atoms with van der Waals surface area (Å²) in [4.78, 5) is 16.1. The summed E-state index contributed by atoms with van der Waals surface area (Å²) in [6.07, 6.45) is 4.61. The van der Waals surface area contributed by atoms with Crippen molar-refractivity contribution in [3.8, 4) is 11.3 Å². The molecule has 5 rings (SSSR count). The van der Waals surface area contributed by atoms with Crippen molar-refractivity contribution >= 4 is 17.5 Å². The second-order valence-corrected chi connectivity index (χ2v) is 7.56. The molecule has 2 aromatic heterocycles. The SMILES string of the molecule is CC1Cc2ccccc2N1c1cc(-c2ccccc2)nc(NCc2ccncc2)n1. The number of nitrogens with one attached hydrogen (secondary N) is 1. The number of para-hydroxylation sites is 1. The van der Waals surface area contributed by atoms with Crippen molar-refractivity contribution in [3.63, 3.8) is 0 Å². The Labute approximate surface area is 176 Å². The first-order chi connectivity index (χ1) is 14.8. The van der Waals surface area contributed by atoms with E-state index in [9.17, 15) is 0 Å². The maximum atomic E-state index is 4.89. The Morgan fingerprint density at radius 3 is 2.53 bits per heavy atom. The van der Waals surface area contributed by atoms with E-state index in [1.54, 1.807) is 12.4 Å². The minimum atomic E-state index is 0.342. The molecule has 1 aliphatic rings. The molecule has 0 saturated heterocycles. The van der Waals surface area contributed by atoms with E-state index >= 15 is 0 Å².